The van der Waals surface area contributed by atoms with Gasteiger partial charge in [0, 0.05) is 12.1 Å². The molecule has 0 aromatic carbocycles. The van der Waals surface area contributed by atoms with Crippen molar-refractivity contribution in [2.75, 3.05) is 0 Å². The molecule has 1 nitrogen and oxygen atoms in total. The number of hydrogen-bond donors (Lipinski definition) is 1. The highest BCUT2D eigenvalue weighted by Gasteiger charge is 1.84. The van der Waals surface area contributed by atoms with E-state index in [-0.39, 0.29) is 5.92 Å². The predicted molar refractivity (Wildman–Crippen MR) is 45.1 cm³/mol. The van der Waals surface area contributed by atoms with Crippen LogP contribution in [-0.4, -0.2) is 6.21 Å². The van der Waals surface area contributed by atoms with E-state index in [1.54, 1.807) is 12.2 Å². The molecular weight excluding hydrogens is 122 g/mol. The maximum Gasteiger partial charge on any atom is 0.00895 e. The molecule has 0 fully saturated rings. The molecule has 0 radical (unpaired) electrons. The molecule has 0 aliphatic heterocycles. The van der Waals surface area contributed by atoms with Gasteiger partial charge in [-0.25, -0.2) is 0 Å². The summed E-state index contributed by atoms with van der Waals surface area (Å²) in [6, 6.07) is 0. The van der Waals surface area contributed by atoms with Crippen molar-refractivity contribution in [2.24, 2.45) is 5.92 Å². The molecule has 0 heterocycles. The Balaban J connectivity index is 3.67. The third-order valence-electron chi connectivity index (χ3n) is 0.981. The fourth-order valence-electron chi connectivity index (χ4n) is 0.406. The van der Waals surface area contributed by atoms with Crippen molar-refractivity contribution in [3.8, 4) is 12.3 Å². The van der Waals surface area contributed by atoms with Gasteiger partial charge in [0.2, 0.25) is 0 Å². The predicted octanol–water partition coefficient (Wildman–Crippen LogP) is 2.02. The summed E-state index contributed by atoms with van der Waals surface area (Å²) in [5, 5.41) is 6.85. The second kappa shape index (κ2) is 5.84. The molecule has 10 heavy (non-hydrogen) atoms. The molecular formula is C9H11N. The van der Waals surface area contributed by atoms with Gasteiger partial charge in [0.15, 0.2) is 0 Å². The Hall–Kier alpha value is -1.29. The summed E-state index contributed by atoms with van der Waals surface area (Å²) in [5.74, 6) is 2.57. The monoisotopic (exact) mass is 133 g/mol. The minimum atomic E-state index is 0.197. The Morgan fingerprint density at radius 1 is 1.50 bits per heavy atom. The average Bonchev–Trinajstić information content (AvgIpc) is 1.98. The van der Waals surface area contributed by atoms with E-state index >= 15 is 0 Å². The number of rotatable bonds is 3. The second-order valence-corrected chi connectivity index (χ2v) is 1.94. The fourth-order valence-corrected chi connectivity index (χ4v) is 0.406. The maximum absolute atomic E-state index is 6.85. The lowest BCUT2D eigenvalue weighted by Crippen LogP contribution is -1.86. The molecule has 0 rings (SSSR count). The van der Waals surface area contributed by atoms with Crippen LogP contribution in [0.4, 0.5) is 0 Å². The van der Waals surface area contributed by atoms with Crippen LogP contribution < -0.4 is 0 Å². The lowest BCUT2D eigenvalue weighted by atomic mass is 10.2. The molecule has 0 aromatic rings. The van der Waals surface area contributed by atoms with Gasteiger partial charge in [0.05, 0.1) is 0 Å². The lowest BCUT2D eigenvalue weighted by Gasteiger charge is -1.89. The summed E-state index contributed by atoms with van der Waals surface area (Å²) < 4.78 is 0. The largest absolute Gasteiger partial charge is 0.313 e. The van der Waals surface area contributed by atoms with Gasteiger partial charge in [-0.15, -0.1) is 6.42 Å². The van der Waals surface area contributed by atoms with Crippen LogP contribution in [0, 0.1) is 23.7 Å². The molecule has 0 saturated heterocycles. The Morgan fingerprint density at radius 3 is 2.70 bits per heavy atom. The van der Waals surface area contributed by atoms with E-state index in [1.807, 2.05) is 19.1 Å². The van der Waals surface area contributed by atoms with Gasteiger partial charge < -0.3 is 5.41 Å². The fraction of sp³-hybridized carbons (Fsp3) is 0.222. The molecule has 0 saturated carbocycles. The van der Waals surface area contributed by atoms with Crippen molar-refractivity contribution in [2.45, 2.75) is 6.92 Å². The van der Waals surface area contributed by atoms with Crippen molar-refractivity contribution in [3.05, 3.63) is 24.3 Å². The summed E-state index contributed by atoms with van der Waals surface area (Å²) in [6.45, 7) is 1.94. The minimum Gasteiger partial charge on any atom is -0.313 e. The van der Waals surface area contributed by atoms with Crippen LogP contribution in [0.1, 0.15) is 6.92 Å². The van der Waals surface area contributed by atoms with Crippen LogP contribution in [0.2, 0.25) is 0 Å². The van der Waals surface area contributed by atoms with Crippen molar-refractivity contribution < 1.29 is 0 Å². The number of nitrogens with one attached hydrogen (secondary N) is 1. The maximum atomic E-state index is 6.85. The standard InChI is InChI=1S/C9H11N/c1-3-4-5-6-7-9(2)8-10/h1,4-10H,2H3/b5-4+,7-6-,10-8?. The van der Waals surface area contributed by atoms with Gasteiger partial charge in [0.1, 0.15) is 0 Å². The topological polar surface area (TPSA) is 23.9 Å². The van der Waals surface area contributed by atoms with Crippen LogP contribution in [0.3, 0.4) is 0 Å². The van der Waals surface area contributed by atoms with Crippen molar-refractivity contribution in [3.63, 3.8) is 0 Å². The summed E-state index contributed by atoms with van der Waals surface area (Å²) in [5.41, 5.74) is 0. The van der Waals surface area contributed by atoms with Crippen molar-refractivity contribution in [1.29, 1.82) is 5.41 Å². The van der Waals surface area contributed by atoms with Crippen LogP contribution in [-0.2, 0) is 0 Å². The first-order valence-corrected chi connectivity index (χ1v) is 3.11. The van der Waals surface area contributed by atoms with E-state index in [0.29, 0.717) is 0 Å². The van der Waals surface area contributed by atoms with Crippen LogP contribution in [0.25, 0.3) is 0 Å². The minimum absolute atomic E-state index is 0.197. The number of allylic oxidation sites excluding steroid dienone is 4. The summed E-state index contributed by atoms with van der Waals surface area (Å²) in [7, 11) is 0. The Morgan fingerprint density at radius 2 is 2.20 bits per heavy atom. The normalized spacial score (nSPS) is 13.6. The van der Waals surface area contributed by atoms with Gasteiger partial charge in [0.25, 0.3) is 0 Å². The van der Waals surface area contributed by atoms with Crippen LogP contribution in [0.5, 0.6) is 0 Å². The number of hydrogen-bond acceptors (Lipinski definition) is 1. The average molecular weight is 133 g/mol. The van der Waals surface area contributed by atoms with E-state index in [9.17, 15) is 0 Å². The van der Waals surface area contributed by atoms with E-state index in [4.69, 9.17) is 11.8 Å². The molecule has 1 unspecified atom stereocenters. The first kappa shape index (κ1) is 8.71. The Labute approximate surface area is 62.0 Å². The highest BCUT2D eigenvalue weighted by atomic mass is 14.3. The first-order chi connectivity index (χ1) is 4.81. The highest BCUT2D eigenvalue weighted by Crippen LogP contribution is 1.91. The molecule has 0 bridgehead atoms. The van der Waals surface area contributed by atoms with Crippen molar-refractivity contribution in [1.82, 2.24) is 0 Å². The van der Waals surface area contributed by atoms with E-state index in [1.165, 1.54) is 6.21 Å². The SMILES string of the molecule is C#C/C=C/C=C\C(C)C=N. The van der Waals surface area contributed by atoms with E-state index < -0.39 is 0 Å². The Kier molecular flexibility index (Phi) is 5.09. The molecule has 0 aliphatic rings. The van der Waals surface area contributed by atoms with Gasteiger partial charge in [-0.3, -0.25) is 0 Å². The zero-order chi connectivity index (χ0) is 7.82. The molecule has 1 heteroatoms. The third kappa shape index (κ3) is 4.86. The quantitative estimate of drug-likeness (QED) is 0.346. The van der Waals surface area contributed by atoms with Gasteiger partial charge in [-0.05, 0) is 6.08 Å². The molecule has 0 aliphatic carbocycles. The number of terminal acetylenes is 1. The third-order valence-corrected chi connectivity index (χ3v) is 0.981. The smallest absolute Gasteiger partial charge is 0.00895 e. The van der Waals surface area contributed by atoms with E-state index in [0.717, 1.165) is 0 Å². The molecule has 1 N–H and O–H groups in total. The van der Waals surface area contributed by atoms with Gasteiger partial charge in [-0.2, -0.15) is 0 Å². The van der Waals surface area contributed by atoms with Gasteiger partial charge >= 0.3 is 0 Å². The molecule has 0 amide bonds. The lowest BCUT2D eigenvalue weighted by molar-refractivity contribution is 1.02. The summed E-state index contributed by atoms with van der Waals surface area (Å²) >= 11 is 0. The first-order valence-electron chi connectivity index (χ1n) is 3.11. The highest BCUT2D eigenvalue weighted by molar-refractivity contribution is 5.58. The van der Waals surface area contributed by atoms with Crippen LogP contribution >= 0.6 is 0 Å². The molecule has 1 atom stereocenters. The summed E-state index contributed by atoms with van der Waals surface area (Å²) in [4.78, 5) is 0. The molecule has 0 aromatic heterocycles. The zero-order valence-electron chi connectivity index (χ0n) is 6.04. The Bertz CT molecular complexity index is 181. The van der Waals surface area contributed by atoms with Gasteiger partial charge in [-0.1, -0.05) is 31.1 Å². The van der Waals surface area contributed by atoms with Crippen molar-refractivity contribution >= 4 is 6.21 Å². The summed E-state index contributed by atoms with van der Waals surface area (Å²) in [6.07, 6.45) is 13.5. The molecule has 0 spiro atoms. The second-order valence-electron chi connectivity index (χ2n) is 1.94. The van der Waals surface area contributed by atoms with E-state index in [2.05, 4.69) is 5.92 Å². The van der Waals surface area contributed by atoms with Crippen LogP contribution in [0.15, 0.2) is 24.3 Å². The molecule has 52 valence electrons. The zero-order valence-corrected chi connectivity index (χ0v) is 6.04.